The first kappa shape index (κ1) is 35.3. The van der Waals surface area contributed by atoms with Crippen LogP contribution in [0.2, 0.25) is 0 Å². The lowest BCUT2D eigenvalue weighted by Gasteiger charge is -2.38. The molecule has 8 aromatic carbocycles. The van der Waals surface area contributed by atoms with Crippen molar-refractivity contribution in [2.75, 3.05) is 9.80 Å². The average molecular weight is 762 g/mol. The Hall–Kier alpha value is -6.84. The monoisotopic (exact) mass is 761 g/mol. The van der Waals surface area contributed by atoms with Gasteiger partial charge in [-0.1, -0.05) is 129 Å². The van der Waals surface area contributed by atoms with Gasteiger partial charge in [0.2, 0.25) is 0 Å². The molecule has 286 valence electrons. The number of aromatic nitrogens is 1. The van der Waals surface area contributed by atoms with E-state index in [0.717, 1.165) is 25.7 Å². The summed E-state index contributed by atoms with van der Waals surface area (Å²) in [7, 11) is 0. The summed E-state index contributed by atoms with van der Waals surface area (Å²) in [6, 6.07) is 71.7. The molecule has 0 radical (unpaired) electrons. The van der Waals surface area contributed by atoms with E-state index in [4.69, 9.17) is 0 Å². The second kappa shape index (κ2) is 14.2. The highest BCUT2D eigenvalue weighted by molar-refractivity contribution is 6.13. The maximum absolute atomic E-state index is 2.61. The van der Waals surface area contributed by atoms with Gasteiger partial charge in [-0.15, -0.1) is 0 Å². The van der Waals surface area contributed by atoms with Gasteiger partial charge in [0.25, 0.3) is 0 Å². The Balaban J connectivity index is 1.18. The van der Waals surface area contributed by atoms with E-state index in [1.807, 2.05) is 0 Å². The predicted octanol–water partition coefficient (Wildman–Crippen LogP) is 15.0. The lowest BCUT2D eigenvalue weighted by Crippen LogP contribution is -2.27. The van der Waals surface area contributed by atoms with Gasteiger partial charge in [0, 0.05) is 38.9 Å². The number of rotatable bonds is 8. The first-order valence-electron chi connectivity index (χ1n) is 21.2. The van der Waals surface area contributed by atoms with Crippen molar-refractivity contribution in [3.05, 3.63) is 222 Å². The summed E-state index contributed by atoms with van der Waals surface area (Å²) in [6.07, 6.45) is 4.28. The number of benzene rings is 8. The fourth-order valence-electron chi connectivity index (χ4n) is 10.8. The zero-order chi connectivity index (χ0) is 39.5. The molecule has 11 rings (SSSR count). The lowest BCUT2D eigenvalue weighted by atomic mass is 9.74. The largest absolute Gasteiger partial charge is 0.310 e. The van der Waals surface area contributed by atoms with E-state index in [-0.39, 0.29) is 11.3 Å². The van der Waals surface area contributed by atoms with Crippen LogP contribution in [0.25, 0.3) is 27.5 Å². The van der Waals surface area contributed by atoms with Crippen LogP contribution in [0.3, 0.4) is 0 Å². The Morgan fingerprint density at radius 3 is 1.49 bits per heavy atom. The third-order valence-corrected chi connectivity index (χ3v) is 13.1. The smallest absolute Gasteiger partial charge is 0.0545 e. The summed E-state index contributed by atoms with van der Waals surface area (Å²) in [5, 5.41) is 2.62. The van der Waals surface area contributed by atoms with Crippen LogP contribution in [-0.2, 0) is 18.3 Å². The summed E-state index contributed by atoms with van der Waals surface area (Å²) >= 11 is 0. The van der Waals surface area contributed by atoms with Crippen molar-refractivity contribution < 1.29 is 0 Å². The number of nitrogens with zero attached hydrogens (tertiary/aromatic N) is 3. The summed E-state index contributed by atoms with van der Waals surface area (Å²) in [4.78, 5) is 5.11. The maximum atomic E-state index is 2.61. The summed E-state index contributed by atoms with van der Waals surface area (Å²) in [5.41, 5.74) is 18.1. The van der Waals surface area contributed by atoms with Gasteiger partial charge in [-0.25, -0.2) is 0 Å². The van der Waals surface area contributed by atoms with Crippen molar-refractivity contribution >= 4 is 55.9 Å². The van der Waals surface area contributed by atoms with E-state index >= 15 is 0 Å². The van der Waals surface area contributed by atoms with Crippen LogP contribution in [0.4, 0.5) is 34.1 Å². The van der Waals surface area contributed by atoms with Gasteiger partial charge in [-0.05, 0) is 138 Å². The molecule has 59 heavy (non-hydrogen) atoms. The zero-order valence-corrected chi connectivity index (χ0v) is 33.7. The Labute approximate surface area is 347 Å². The summed E-state index contributed by atoms with van der Waals surface area (Å²) < 4.78 is 2.45. The van der Waals surface area contributed by atoms with Crippen molar-refractivity contribution in [2.45, 2.75) is 50.9 Å². The highest BCUT2D eigenvalue weighted by Gasteiger charge is 2.49. The Kier molecular flexibility index (Phi) is 8.51. The van der Waals surface area contributed by atoms with Crippen LogP contribution in [-0.4, -0.2) is 4.57 Å². The minimum Gasteiger partial charge on any atom is -0.310 e. The number of hydrogen-bond donors (Lipinski definition) is 0. The maximum Gasteiger partial charge on any atom is 0.0545 e. The normalized spacial score (nSPS) is 15.6. The molecule has 3 heteroatoms. The molecule has 1 atom stereocenters. The fraction of sp³-hybridized carbons (Fsp3) is 0.143. The summed E-state index contributed by atoms with van der Waals surface area (Å²) in [6.45, 7) is 4.74. The predicted molar refractivity (Wildman–Crippen MR) is 248 cm³/mol. The number of anilines is 6. The van der Waals surface area contributed by atoms with Crippen LogP contribution in [0.5, 0.6) is 0 Å². The molecule has 0 fully saturated rings. The van der Waals surface area contributed by atoms with Crippen molar-refractivity contribution in [3.8, 4) is 5.69 Å². The SMILES string of the molecule is CC(C)c1c(N(c2ccccc2)c2cccc3c2[C@]2(CCc4cccc(N(c5ccccc5)c5ccccc5)c42)CC3)ccc2c1c1ccccc1n2-c1ccccc1. The first-order chi connectivity index (χ1) is 29.1. The molecular formula is C56H47N3. The molecule has 9 aromatic rings. The first-order valence-corrected chi connectivity index (χ1v) is 21.2. The van der Waals surface area contributed by atoms with Gasteiger partial charge in [-0.2, -0.15) is 0 Å². The third kappa shape index (κ3) is 5.56. The van der Waals surface area contributed by atoms with E-state index in [1.54, 1.807) is 0 Å². The second-order valence-electron chi connectivity index (χ2n) is 16.6. The highest BCUT2D eigenvalue weighted by atomic mass is 15.2. The molecule has 0 N–H and O–H groups in total. The van der Waals surface area contributed by atoms with Gasteiger partial charge in [0.1, 0.15) is 0 Å². The molecule has 1 aromatic heterocycles. The second-order valence-corrected chi connectivity index (χ2v) is 16.6. The Morgan fingerprint density at radius 1 is 0.441 bits per heavy atom. The number of fused-ring (bicyclic) bond motifs is 7. The molecular weight excluding hydrogens is 715 g/mol. The van der Waals surface area contributed by atoms with Crippen molar-refractivity contribution in [2.24, 2.45) is 0 Å². The number of para-hydroxylation sites is 5. The minimum absolute atomic E-state index is 0.155. The van der Waals surface area contributed by atoms with Gasteiger partial charge in [0.05, 0.1) is 28.1 Å². The van der Waals surface area contributed by atoms with Gasteiger partial charge in [-0.3, -0.25) is 0 Å². The fourth-order valence-corrected chi connectivity index (χ4v) is 10.8. The molecule has 1 spiro atoms. The lowest BCUT2D eigenvalue weighted by molar-refractivity contribution is 0.508. The van der Waals surface area contributed by atoms with E-state index in [0.29, 0.717) is 0 Å². The molecule has 0 bridgehead atoms. The van der Waals surface area contributed by atoms with E-state index in [2.05, 4.69) is 222 Å². The Bertz CT molecular complexity index is 2920. The van der Waals surface area contributed by atoms with Crippen LogP contribution in [0.1, 0.15) is 60.4 Å². The zero-order valence-electron chi connectivity index (χ0n) is 33.7. The molecule has 0 saturated heterocycles. The van der Waals surface area contributed by atoms with Crippen LogP contribution in [0.15, 0.2) is 194 Å². The number of aryl methyl sites for hydroxylation is 2. The average Bonchev–Trinajstić information content (AvgIpc) is 3.97. The highest BCUT2D eigenvalue weighted by Crippen LogP contribution is 2.60. The molecule has 1 heterocycles. The molecule has 3 nitrogen and oxygen atoms in total. The topological polar surface area (TPSA) is 11.4 Å². The van der Waals surface area contributed by atoms with Crippen LogP contribution in [0, 0.1) is 0 Å². The van der Waals surface area contributed by atoms with E-state index < -0.39 is 0 Å². The van der Waals surface area contributed by atoms with Crippen molar-refractivity contribution in [3.63, 3.8) is 0 Å². The summed E-state index contributed by atoms with van der Waals surface area (Å²) in [5.74, 6) is 0.254. The molecule has 2 aliphatic rings. The van der Waals surface area contributed by atoms with Gasteiger partial charge >= 0.3 is 0 Å². The quantitative estimate of drug-likeness (QED) is 0.153. The minimum atomic E-state index is -0.155. The molecule has 0 amide bonds. The number of hydrogen-bond acceptors (Lipinski definition) is 2. The van der Waals surface area contributed by atoms with E-state index in [9.17, 15) is 0 Å². The van der Waals surface area contributed by atoms with Crippen molar-refractivity contribution in [1.82, 2.24) is 4.57 Å². The molecule has 0 unspecified atom stereocenters. The van der Waals surface area contributed by atoms with Crippen LogP contribution < -0.4 is 9.80 Å². The molecule has 0 aliphatic heterocycles. The third-order valence-electron chi connectivity index (χ3n) is 13.1. The molecule has 0 saturated carbocycles. The molecule has 2 aliphatic carbocycles. The van der Waals surface area contributed by atoms with Crippen LogP contribution >= 0.6 is 0 Å². The standard InChI is InChI=1S/C56H47N3/c1-39(2)52-48(33-34-49-53(52)46-29-15-16-30-47(46)58(49)44-25-11-5-12-26-44)59(45-27-13-6-14-28-45)51-32-18-20-41-36-38-56(55(41)51)37-35-40-19-17-31-50(54(40)56)57(42-21-7-3-8-22-42)43-23-9-4-10-24-43/h3-34,39H,35-38H2,1-2H3/t56-/m1/s1. The van der Waals surface area contributed by atoms with Gasteiger partial charge < -0.3 is 14.4 Å². The van der Waals surface area contributed by atoms with Crippen molar-refractivity contribution in [1.29, 1.82) is 0 Å². The van der Waals surface area contributed by atoms with Gasteiger partial charge in [0.15, 0.2) is 0 Å². The van der Waals surface area contributed by atoms with E-state index in [1.165, 1.54) is 89.4 Å². The Morgan fingerprint density at radius 2 is 0.932 bits per heavy atom.